The predicted molar refractivity (Wildman–Crippen MR) is 55.7 cm³/mol. The third-order valence-electron chi connectivity index (χ3n) is 4.13. The molecular weight excluding hydrogens is 232 g/mol. The number of nitrogens with one attached hydrogen (secondary N) is 1. The molecule has 2 N–H and O–H groups in total. The molecule has 0 aromatic carbocycles. The Morgan fingerprint density at radius 3 is 2.12 bits per heavy atom. The first-order chi connectivity index (χ1) is 7.85. The molecule has 0 spiro atoms. The van der Waals surface area contributed by atoms with E-state index in [0.29, 0.717) is 13.1 Å². The van der Waals surface area contributed by atoms with Crippen molar-refractivity contribution in [3.8, 4) is 0 Å². The largest absolute Gasteiger partial charge is 0.468 e. The molecule has 1 aliphatic heterocycles. The molecule has 6 heteroatoms. The van der Waals surface area contributed by atoms with E-state index in [1.165, 1.54) is 7.11 Å². The fourth-order valence-corrected chi connectivity index (χ4v) is 2.74. The second kappa shape index (κ2) is 3.88. The van der Waals surface area contributed by atoms with Gasteiger partial charge in [0.25, 0.3) is 0 Å². The lowest BCUT2D eigenvalue weighted by atomic mass is 9.61. The first-order valence-electron chi connectivity index (χ1n) is 5.75. The van der Waals surface area contributed by atoms with Crippen molar-refractivity contribution in [2.45, 2.75) is 37.2 Å². The molecule has 2 aliphatic rings. The maximum Gasteiger partial charge on any atom is 0.317 e. The van der Waals surface area contributed by atoms with Crippen molar-refractivity contribution in [1.82, 2.24) is 5.32 Å². The number of rotatable bonds is 2. The van der Waals surface area contributed by atoms with E-state index < -0.39 is 22.9 Å². The van der Waals surface area contributed by atoms with Gasteiger partial charge >= 0.3 is 5.97 Å². The maximum absolute atomic E-state index is 13.1. The number of carbonyl (C=O) groups is 1. The third-order valence-corrected chi connectivity index (χ3v) is 4.13. The van der Waals surface area contributed by atoms with Gasteiger partial charge in [-0.2, -0.15) is 0 Å². The molecule has 0 unspecified atom stereocenters. The molecule has 1 saturated heterocycles. The lowest BCUT2D eigenvalue weighted by molar-refractivity contribution is -0.200. The molecule has 0 aromatic heterocycles. The zero-order valence-electron chi connectivity index (χ0n) is 9.76. The zero-order valence-corrected chi connectivity index (χ0v) is 9.76. The Bertz CT molecular complexity index is 319. The summed E-state index contributed by atoms with van der Waals surface area (Å²) in [6.07, 6.45) is -0.863. The van der Waals surface area contributed by atoms with E-state index >= 15 is 0 Å². The van der Waals surface area contributed by atoms with Gasteiger partial charge in [-0.3, -0.25) is 4.79 Å². The van der Waals surface area contributed by atoms with Crippen LogP contribution in [0.4, 0.5) is 8.78 Å². The van der Waals surface area contributed by atoms with E-state index in [9.17, 15) is 18.7 Å². The average Bonchev–Trinajstić information content (AvgIpc) is 2.21. The van der Waals surface area contributed by atoms with Crippen molar-refractivity contribution in [2.75, 3.05) is 20.2 Å². The fraction of sp³-hybridized carbons (Fsp3) is 0.909. The summed E-state index contributed by atoms with van der Waals surface area (Å²) in [7, 11) is 1.25. The number of hydrogen-bond donors (Lipinski definition) is 2. The quantitative estimate of drug-likeness (QED) is 0.707. The number of hydrogen-bond acceptors (Lipinski definition) is 4. The van der Waals surface area contributed by atoms with Gasteiger partial charge in [0.15, 0.2) is 0 Å². The summed E-state index contributed by atoms with van der Waals surface area (Å²) < 4.78 is 30.9. The van der Waals surface area contributed by atoms with Crippen LogP contribution >= 0.6 is 0 Å². The van der Waals surface area contributed by atoms with Crippen LogP contribution in [0.2, 0.25) is 0 Å². The second-order valence-corrected chi connectivity index (χ2v) is 5.06. The van der Waals surface area contributed by atoms with Crippen LogP contribution in [0, 0.1) is 5.41 Å². The van der Waals surface area contributed by atoms with Gasteiger partial charge in [0, 0.05) is 25.9 Å². The van der Waals surface area contributed by atoms with Crippen molar-refractivity contribution >= 4 is 5.97 Å². The van der Waals surface area contributed by atoms with Crippen LogP contribution in [0.3, 0.4) is 0 Å². The lowest BCUT2D eigenvalue weighted by Gasteiger charge is -2.53. The van der Waals surface area contributed by atoms with Crippen molar-refractivity contribution in [1.29, 1.82) is 0 Å². The van der Waals surface area contributed by atoms with E-state index in [4.69, 9.17) is 4.74 Å². The summed E-state index contributed by atoms with van der Waals surface area (Å²) in [5.41, 5.74) is -2.41. The number of esters is 1. The van der Waals surface area contributed by atoms with Crippen molar-refractivity contribution in [3.63, 3.8) is 0 Å². The molecule has 0 radical (unpaired) electrons. The molecule has 4 nitrogen and oxygen atoms in total. The van der Waals surface area contributed by atoms with Crippen molar-refractivity contribution < 1.29 is 23.4 Å². The zero-order chi connectivity index (χ0) is 12.7. The highest BCUT2D eigenvalue weighted by Gasteiger charge is 2.62. The van der Waals surface area contributed by atoms with Crippen LogP contribution in [0.25, 0.3) is 0 Å². The van der Waals surface area contributed by atoms with E-state index in [1.807, 2.05) is 0 Å². The normalized spacial score (nSPS) is 29.2. The van der Waals surface area contributed by atoms with Crippen LogP contribution < -0.4 is 5.32 Å². The first-order valence-corrected chi connectivity index (χ1v) is 5.75. The van der Waals surface area contributed by atoms with Crippen molar-refractivity contribution in [2.24, 2.45) is 5.41 Å². The maximum atomic E-state index is 13.1. The predicted octanol–water partition coefficient (Wildman–Crippen LogP) is 0.689. The Hall–Kier alpha value is -0.750. The standard InChI is InChI=1S/C11H17F2NO3/c1-17-8(15)9(6-14-7-9)10(16)2-4-11(12,13)5-3-10/h14,16H,2-7H2,1H3. The number of halogens is 2. The summed E-state index contributed by atoms with van der Waals surface area (Å²) >= 11 is 0. The molecule has 0 aromatic rings. The Balaban J connectivity index is 2.18. The molecule has 0 bridgehead atoms. The SMILES string of the molecule is COC(=O)C1(C2(O)CCC(F)(F)CC2)CNC1. The Morgan fingerprint density at radius 1 is 1.24 bits per heavy atom. The fourth-order valence-electron chi connectivity index (χ4n) is 2.74. The summed E-state index contributed by atoms with van der Waals surface area (Å²) in [6.45, 7) is 0.587. The van der Waals surface area contributed by atoms with Crippen LogP contribution in [-0.4, -0.2) is 42.8 Å². The van der Waals surface area contributed by atoms with E-state index in [1.54, 1.807) is 0 Å². The minimum atomic E-state index is -2.72. The molecule has 17 heavy (non-hydrogen) atoms. The molecule has 0 atom stereocenters. The van der Waals surface area contributed by atoms with Gasteiger partial charge in [-0.1, -0.05) is 0 Å². The number of aliphatic hydroxyl groups is 1. The van der Waals surface area contributed by atoms with E-state index in [-0.39, 0.29) is 25.7 Å². The second-order valence-electron chi connectivity index (χ2n) is 5.06. The molecule has 2 rings (SSSR count). The summed E-state index contributed by atoms with van der Waals surface area (Å²) in [6, 6.07) is 0. The van der Waals surface area contributed by atoms with Crippen LogP contribution in [0.1, 0.15) is 25.7 Å². The molecule has 1 aliphatic carbocycles. The summed E-state index contributed by atoms with van der Waals surface area (Å²) in [5, 5.41) is 13.4. The minimum Gasteiger partial charge on any atom is -0.468 e. The highest BCUT2D eigenvalue weighted by molar-refractivity contribution is 5.80. The average molecular weight is 249 g/mol. The monoisotopic (exact) mass is 249 g/mol. The van der Waals surface area contributed by atoms with Crippen LogP contribution in [-0.2, 0) is 9.53 Å². The van der Waals surface area contributed by atoms with Gasteiger partial charge in [-0.05, 0) is 12.8 Å². The molecule has 2 fully saturated rings. The minimum absolute atomic E-state index is 0.0587. The van der Waals surface area contributed by atoms with Crippen LogP contribution in [0.5, 0.6) is 0 Å². The summed E-state index contributed by atoms with van der Waals surface area (Å²) in [5.74, 6) is -3.23. The first kappa shape index (κ1) is 12.7. The van der Waals surface area contributed by atoms with Gasteiger partial charge in [0.05, 0.1) is 12.7 Å². The molecule has 0 amide bonds. The third kappa shape index (κ3) is 1.83. The van der Waals surface area contributed by atoms with Gasteiger partial charge < -0.3 is 15.2 Å². The van der Waals surface area contributed by atoms with Gasteiger partial charge in [0.1, 0.15) is 5.41 Å². The molecule has 1 heterocycles. The number of methoxy groups -OCH3 is 1. The Labute approximate surface area is 98.3 Å². The number of carbonyl (C=O) groups excluding carboxylic acids is 1. The van der Waals surface area contributed by atoms with Crippen molar-refractivity contribution in [3.05, 3.63) is 0 Å². The van der Waals surface area contributed by atoms with Gasteiger partial charge in [-0.15, -0.1) is 0 Å². The highest BCUT2D eigenvalue weighted by Crippen LogP contribution is 2.49. The lowest BCUT2D eigenvalue weighted by Crippen LogP contribution is -2.71. The number of alkyl halides is 2. The topological polar surface area (TPSA) is 58.6 Å². The molecule has 1 saturated carbocycles. The Kier molecular flexibility index (Phi) is 2.90. The van der Waals surface area contributed by atoms with Gasteiger partial charge in [0.2, 0.25) is 5.92 Å². The highest BCUT2D eigenvalue weighted by atomic mass is 19.3. The van der Waals surface area contributed by atoms with Gasteiger partial charge in [-0.25, -0.2) is 8.78 Å². The summed E-state index contributed by atoms with van der Waals surface area (Å²) in [4.78, 5) is 11.8. The molecular formula is C11H17F2NO3. The smallest absolute Gasteiger partial charge is 0.317 e. The van der Waals surface area contributed by atoms with E-state index in [0.717, 1.165) is 0 Å². The molecule has 98 valence electrons. The number of ether oxygens (including phenoxy) is 1. The van der Waals surface area contributed by atoms with E-state index in [2.05, 4.69) is 5.32 Å². The Morgan fingerprint density at radius 2 is 1.76 bits per heavy atom. The van der Waals surface area contributed by atoms with Crippen LogP contribution in [0.15, 0.2) is 0 Å².